The van der Waals surface area contributed by atoms with Gasteiger partial charge in [0.2, 0.25) is 12.7 Å². The normalized spacial score (nSPS) is 19.0. The number of nitrogens with one attached hydrogen (secondary N) is 1. The van der Waals surface area contributed by atoms with Crippen LogP contribution in [0.4, 0.5) is 0 Å². The zero-order valence-electron chi connectivity index (χ0n) is 19.6. The van der Waals surface area contributed by atoms with Crippen LogP contribution >= 0.6 is 0 Å². The van der Waals surface area contributed by atoms with E-state index in [9.17, 15) is 0 Å². The van der Waals surface area contributed by atoms with Crippen LogP contribution in [0.25, 0.3) is 5.95 Å². The lowest BCUT2D eigenvalue weighted by molar-refractivity contribution is 0.0703. The van der Waals surface area contributed by atoms with Crippen LogP contribution in [-0.4, -0.2) is 57.4 Å². The van der Waals surface area contributed by atoms with Gasteiger partial charge in [-0.15, -0.1) is 0 Å². The summed E-state index contributed by atoms with van der Waals surface area (Å²) in [7, 11) is 0. The monoisotopic (exact) mass is 460 g/mol. The number of nitrogens with zero attached hydrogens (tertiary/aromatic N) is 5. The predicted octanol–water partition coefficient (Wildman–Crippen LogP) is 3.40. The van der Waals surface area contributed by atoms with Crippen molar-refractivity contribution in [2.45, 2.75) is 32.2 Å². The van der Waals surface area contributed by atoms with Gasteiger partial charge in [-0.05, 0) is 44.4 Å². The maximum Gasteiger partial charge on any atom is 0.235 e. The SMILES string of the molecule is Cc1cc(C2CCCN2CCNCC(Cc2ccccc2)C2=COCO2)nc(-n2ccnc2)n1. The van der Waals surface area contributed by atoms with Gasteiger partial charge in [0.1, 0.15) is 18.3 Å². The number of hydrogen-bond acceptors (Lipinski definition) is 7. The lowest BCUT2D eigenvalue weighted by Gasteiger charge is -2.25. The average molecular weight is 461 g/mol. The number of benzene rings is 1. The number of ether oxygens (including phenoxy) is 2. The number of likely N-dealkylation sites (tertiary alicyclic amines) is 1. The van der Waals surface area contributed by atoms with Gasteiger partial charge in [-0.25, -0.2) is 15.0 Å². The van der Waals surface area contributed by atoms with E-state index in [0.29, 0.717) is 18.8 Å². The predicted molar refractivity (Wildman–Crippen MR) is 129 cm³/mol. The quantitative estimate of drug-likeness (QED) is 0.465. The highest BCUT2D eigenvalue weighted by molar-refractivity contribution is 5.22. The summed E-state index contributed by atoms with van der Waals surface area (Å²) in [6.45, 7) is 6.17. The van der Waals surface area contributed by atoms with Gasteiger partial charge in [0.25, 0.3) is 0 Å². The number of imidazole rings is 1. The molecule has 0 saturated carbocycles. The average Bonchev–Trinajstić information content (AvgIpc) is 3.64. The molecule has 0 bridgehead atoms. The number of aromatic nitrogens is 4. The standard InChI is InChI=1S/C26H32N6O2/c1-20-14-23(30-26(29-20)32-13-10-28-18-32)24-8-5-11-31(24)12-9-27-16-22(25-17-33-19-34-25)15-21-6-3-2-4-7-21/h2-4,6-7,10,13-14,17-18,22,24,27H,5,8-9,11-12,15-16,19H2,1H3. The van der Waals surface area contributed by atoms with Gasteiger partial charge in [0.15, 0.2) is 0 Å². The first-order valence-corrected chi connectivity index (χ1v) is 12.0. The summed E-state index contributed by atoms with van der Waals surface area (Å²) in [6, 6.07) is 13.0. The molecule has 4 heterocycles. The van der Waals surface area contributed by atoms with Crippen molar-refractivity contribution in [1.82, 2.24) is 29.7 Å². The van der Waals surface area contributed by atoms with Gasteiger partial charge in [0.05, 0.1) is 11.7 Å². The zero-order chi connectivity index (χ0) is 23.2. The van der Waals surface area contributed by atoms with Crippen molar-refractivity contribution in [2.75, 3.05) is 33.0 Å². The van der Waals surface area contributed by atoms with Crippen molar-refractivity contribution in [3.05, 3.63) is 84.1 Å². The summed E-state index contributed by atoms with van der Waals surface area (Å²) < 4.78 is 12.9. The topological polar surface area (TPSA) is 77.3 Å². The Hall–Kier alpha value is -3.23. The van der Waals surface area contributed by atoms with Crippen molar-refractivity contribution < 1.29 is 9.47 Å². The highest BCUT2D eigenvalue weighted by atomic mass is 16.7. The maximum atomic E-state index is 5.71. The third kappa shape index (κ3) is 5.46. The molecule has 8 nitrogen and oxygen atoms in total. The van der Waals surface area contributed by atoms with Crippen LogP contribution in [0.2, 0.25) is 0 Å². The molecule has 8 heteroatoms. The maximum absolute atomic E-state index is 5.71. The molecule has 0 spiro atoms. The van der Waals surface area contributed by atoms with E-state index in [-0.39, 0.29) is 5.92 Å². The minimum absolute atomic E-state index is 0.251. The number of rotatable bonds is 10. The molecule has 1 fully saturated rings. The summed E-state index contributed by atoms with van der Waals surface area (Å²) in [5.74, 6) is 1.87. The van der Waals surface area contributed by atoms with Crippen LogP contribution in [0.1, 0.15) is 35.8 Å². The molecule has 178 valence electrons. The van der Waals surface area contributed by atoms with E-state index in [2.05, 4.69) is 56.6 Å². The molecule has 34 heavy (non-hydrogen) atoms. The van der Waals surface area contributed by atoms with Gasteiger partial charge >= 0.3 is 0 Å². The second-order valence-corrected chi connectivity index (χ2v) is 8.94. The molecule has 2 aromatic heterocycles. The van der Waals surface area contributed by atoms with Crippen LogP contribution in [0.3, 0.4) is 0 Å². The molecular formula is C26H32N6O2. The Morgan fingerprint density at radius 3 is 2.91 bits per heavy atom. The molecule has 2 aliphatic rings. The Labute approximate surface area is 200 Å². The third-order valence-electron chi connectivity index (χ3n) is 6.49. The fraction of sp³-hybridized carbons (Fsp3) is 0.423. The third-order valence-corrected chi connectivity index (χ3v) is 6.49. The Bertz CT molecular complexity index is 1090. The lowest BCUT2D eigenvalue weighted by Crippen LogP contribution is -2.35. The zero-order valence-corrected chi connectivity index (χ0v) is 19.6. The van der Waals surface area contributed by atoms with Crippen molar-refractivity contribution in [1.29, 1.82) is 0 Å². The first-order chi connectivity index (χ1) is 16.8. The van der Waals surface area contributed by atoms with Crippen LogP contribution < -0.4 is 5.32 Å². The molecule has 1 aromatic carbocycles. The molecule has 3 aromatic rings. The minimum Gasteiger partial charge on any atom is -0.462 e. The first kappa shape index (κ1) is 22.6. The second-order valence-electron chi connectivity index (χ2n) is 8.94. The van der Waals surface area contributed by atoms with E-state index in [0.717, 1.165) is 56.2 Å². The Morgan fingerprint density at radius 1 is 1.21 bits per heavy atom. The van der Waals surface area contributed by atoms with Crippen LogP contribution in [0.5, 0.6) is 0 Å². The summed E-state index contributed by atoms with van der Waals surface area (Å²) >= 11 is 0. The van der Waals surface area contributed by atoms with Gasteiger partial charge in [-0.3, -0.25) is 9.47 Å². The van der Waals surface area contributed by atoms with Crippen molar-refractivity contribution in [3.8, 4) is 5.95 Å². The summed E-state index contributed by atoms with van der Waals surface area (Å²) in [5.41, 5.74) is 3.38. The van der Waals surface area contributed by atoms with Crippen molar-refractivity contribution in [3.63, 3.8) is 0 Å². The highest BCUT2D eigenvalue weighted by Crippen LogP contribution is 2.31. The summed E-state index contributed by atoms with van der Waals surface area (Å²) in [4.78, 5) is 16.1. The van der Waals surface area contributed by atoms with Gasteiger partial charge in [-0.2, -0.15) is 0 Å². The fourth-order valence-corrected chi connectivity index (χ4v) is 4.81. The van der Waals surface area contributed by atoms with Gasteiger partial charge < -0.3 is 14.8 Å². The van der Waals surface area contributed by atoms with Gasteiger partial charge in [0, 0.05) is 43.6 Å². The molecule has 0 radical (unpaired) electrons. The summed E-state index contributed by atoms with van der Waals surface area (Å²) in [5, 5.41) is 3.66. The molecule has 1 N–H and O–H groups in total. The Kier molecular flexibility index (Phi) is 7.16. The van der Waals surface area contributed by atoms with Crippen LogP contribution in [0.15, 0.2) is 67.1 Å². The second kappa shape index (κ2) is 10.8. The largest absolute Gasteiger partial charge is 0.462 e. The molecule has 0 amide bonds. The Balaban J connectivity index is 1.18. The van der Waals surface area contributed by atoms with Crippen molar-refractivity contribution in [2.24, 2.45) is 5.92 Å². The number of aryl methyl sites for hydroxylation is 1. The lowest BCUT2D eigenvalue weighted by atomic mass is 9.97. The smallest absolute Gasteiger partial charge is 0.235 e. The molecule has 0 aliphatic carbocycles. The van der Waals surface area contributed by atoms with E-state index < -0.39 is 0 Å². The van der Waals surface area contributed by atoms with Gasteiger partial charge in [-0.1, -0.05) is 30.3 Å². The molecule has 2 atom stereocenters. The summed E-state index contributed by atoms with van der Waals surface area (Å²) in [6.07, 6.45) is 10.4. The number of hydrogen-bond donors (Lipinski definition) is 1. The minimum atomic E-state index is 0.251. The molecular weight excluding hydrogens is 428 g/mol. The molecule has 1 saturated heterocycles. The first-order valence-electron chi connectivity index (χ1n) is 12.0. The van der Waals surface area contributed by atoms with E-state index in [1.807, 2.05) is 17.7 Å². The highest BCUT2D eigenvalue weighted by Gasteiger charge is 2.28. The van der Waals surface area contributed by atoms with Crippen molar-refractivity contribution >= 4 is 0 Å². The van der Waals surface area contributed by atoms with E-state index in [4.69, 9.17) is 14.5 Å². The van der Waals surface area contributed by atoms with E-state index >= 15 is 0 Å². The molecule has 5 rings (SSSR count). The molecule has 2 unspecified atom stereocenters. The van der Waals surface area contributed by atoms with E-state index in [1.165, 1.54) is 12.0 Å². The van der Waals surface area contributed by atoms with Crippen LogP contribution in [-0.2, 0) is 15.9 Å². The van der Waals surface area contributed by atoms with Crippen LogP contribution in [0, 0.1) is 12.8 Å². The van der Waals surface area contributed by atoms with E-state index in [1.54, 1.807) is 18.8 Å². The fourth-order valence-electron chi connectivity index (χ4n) is 4.81. The molecule has 2 aliphatic heterocycles. The Morgan fingerprint density at radius 2 is 2.12 bits per heavy atom.